The van der Waals surface area contributed by atoms with Gasteiger partial charge in [0.05, 0.1) is 16.0 Å². The van der Waals surface area contributed by atoms with E-state index < -0.39 is 22.0 Å². The molecule has 2 aromatic rings. The summed E-state index contributed by atoms with van der Waals surface area (Å²) in [4.78, 5) is 25.4. The van der Waals surface area contributed by atoms with E-state index in [-0.39, 0.29) is 37.7 Å². The van der Waals surface area contributed by atoms with Crippen LogP contribution in [0, 0.1) is 51.2 Å². The van der Waals surface area contributed by atoms with E-state index in [1.807, 2.05) is 12.1 Å². The third-order valence-electron chi connectivity index (χ3n) is 18.1. The van der Waals surface area contributed by atoms with Crippen molar-refractivity contribution in [3.8, 4) is 0 Å². The van der Waals surface area contributed by atoms with Crippen LogP contribution in [0.15, 0.2) is 71.7 Å². The van der Waals surface area contributed by atoms with Crippen molar-refractivity contribution in [2.45, 2.75) is 110 Å². The number of carboxylic acids is 2. The van der Waals surface area contributed by atoms with E-state index in [1.165, 1.54) is 91.1 Å². The maximum Gasteiger partial charge on any atom is 0.335 e. The summed E-state index contributed by atoms with van der Waals surface area (Å²) in [5.41, 5.74) is 5.01. The van der Waals surface area contributed by atoms with Gasteiger partial charge in [0.15, 0.2) is 0 Å². The normalized spacial score (nSPS) is 37.0. The predicted octanol–water partition coefficient (Wildman–Crippen LogP) is 9.08. The molecular weight excluding hydrogens is 759 g/mol. The van der Waals surface area contributed by atoms with Gasteiger partial charge in [-0.2, -0.15) is 4.31 Å². The highest BCUT2D eigenvalue weighted by atomic mass is 32.2. The SMILES string of the molecule is C=C(C)[C@@H]1CC[C@]2(NCCN3CCN(S(=O)(=O)c4ccc(C(=O)O)cc4)CC3)CC[C@]3(C)[C@H](CC[C@@H]4[C@@]5(C)CC=C(c6ccc(C(=O)O)cc6)C(C)(C)[C@@H]5CC[C@]43C)[C@@H]12. The lowest BCUT2D eigenvalue weighted by atomic mass is 9.33. The summed E-state index contributed by atoms with van der Waals surface area (Å²) in [6.07, 6.45) is 13.4. The predicted molar refractivity (Wildman–Crippen MR) is 233 cm³/mol. The Bertz CT molecular complexity index is 2120. The van der Waals surface area contributed by atoms with Crippen LogP contribution in [-0.2, 0) is 10.0 Å². The molecule has 320 valence electrons. The highest BCUT2D eigenvalue weighted by Gasteiger charge is 2.70. The third kappa shape index (κ3) is 6.69. The molecule has 0 spiro atoms. The standard InChI is InChI=1S/C49H67N3O6S/c1-32(2)37-18-23-49(50-26-27-51-28-30-52(31-29-51)59(57,58)36-14-12-35(13-15-36)44(55)56)25-24-47(6)39(42(37)49)16-17-41-46(5)21-19-38(33-8-10-34(11-9-33)43(53)54)45(3,4)40(46)20-22-48(41,47)7/h8-15,19,37,39-42,50H,1,16-18,20-31H2,2-7H3,(H,53,54)(H,55,56)/t37-,39+,40-,41+,42+,46-,47+,48+,49-/m0/s1. The first-order valence-electron chi connectivity index (χ1n) is 22.3. The second-order valence-electron chi connectivity index (χ2n) is 20.8. The van der Waals surface area contributed by atoms with Crippen LogP contribution in [0.4, 0.5) is 0 Å². The Morgan fingerprint density at radius 1 is 0.780 bits per heavy atom. The zero-order valence-electron chi connectivity index (χ0n) is 36.2. The largest absolute Gasteiger partial charge is 0.478 e. The number of piperazine rings is 1. The van der Waals surface area contributed by atoms with Crippen molar-refractivity contribution in [1.82, 2.24) is 14.5 Å². The summed E-state index contributed by atoms with van der Waals surface area (Å²) in [6.45, 7) is 23.7. The zero-order valence-corrected chi connectivity index (χ0v) is 37.0. The lowest BCUT2D eigenvalue weighted by molar-refractivity contribution is -0.219. The van der Waals surface area contributed by atoms with Gasteiger partial charge in [-0.05, 0) is 163 Å². The van der Waals surface area contributed by atoms with E-state index >= 15 is 0 Å². The number of benzene rings is 2. The van der Waals surface area contributed by atoms with Crippen molar-refractivity contribution < 1.29 is 28.2 Å². The topological polar surface area (TPSA) is 127 Å². The van der Waals surface area contributed by atoms with E-state index in [1.54, 1.807) is 12.1 Å². The van der Waals surface area contributed by atoms with Gasteiger partial charge in [0, 0.05) is 44.8 Å². The molecule has 8 rings (SSSR count). The Labute approximate surface area is 352 Å². The van der Waals surface area contributed by atoms with Gasteiger partial charge in [0.25, 0.3) is 0 Å². The maximum atomic E-state index is 13.4. The smallest absolute Gasteiger partial charge is 0.335 e. The van der Waals surface area contributed by atoms with Crippen LogP contribution in [0.2, 0.25) is 0 Å². The molecule has 3 N–H and O–H groups in total. The van der Waals surface area contributed by atoms with E-state index in [2.05, 4.69) is 64.4 Å². The van der Waals surface area contributed by atoms with Crippen LogP contribution in [0.1, 0.15) is 126 Å². The fraction of sp³-hybridized carbons (Fsp3) is 0.633. The fourth-order valence-corrected chi connectivity index (χ4v) is 16.3. The first-order valence-corrected chi connectivity index (χ1v) is 23.7. The maximum absolute atomic E-state index is 13.4. The molecule has 4 saturated carbocycles. The Kier molecular flexibility index (Phi) is 10.7. The molecule has 0 bridgehead atoms. The number of hydrogen-bond acceptors (Lipinski definition) is 6. The number of sulfonamides is 1. The number of fused-ring (bicyclic) bond motifs is 7. The van der Waals surface area contributed by atoms with Crippen molar-refractivity contribution in [3.05, 3.63) is 83.4 Å². The number of carboxylic acid groups (broad SMARTS) is 2. The number of nitrogens with one attached hydrogen (secondary N) is 1. The van der Waals surface area contributed by atoms with Crippen LogP contribution < -0.4 is 5.32 Å². The lowest BCUT2D eigenvalue weighted by Gasteiger charge is -2.72. The molecule has 9 atom stereocenters. The molecule has 1 saturated heterocycles. The molecule has 9 nitrogen and oxygen atoms in total. The van der Waals surface area contributed by atoms with Gasteiger partial charge in [0.2, 0.25) is 10.0 Å². The highest BCUT2D eigenvalue weighted by molar-refractivity contribution is 7.89. The Hall–Kier alpha value is -3.31. The fourth-order valence-electron chi connectivity index (χ4n) is 14.9. The Balaban J connectivity index is 0.963. The molecule has 0 radical (unpaired) electrons. The molecule has 0 aromatic heterocycles. The van der Waals surface area contributed by atoms with E-state index in [0.29, 0.717) is 61.3 Å². The third-order valence-corrected chi connectivity index (χ3v) is 20.0. The number of allylic oxidation sites excluding steroid dienone is 3. The molecule has 59 heavy (non-hydrogen) atoms. The van der Waals surface area contributed by atoms with Crippen LogP contribution >= 0.6 is 0 Å². The van der Waals surface area contributed by atoms with Crippen LogP contribution in [0.5, 0.6) is 0 Å². The second kappa shape index (κ2) is 14.9. The number of rotatable bonds is 10. The summed E-state index contributed by atoms with van der Waals surface area (Å²) in [6, 6.07) is 13.1. The number of hydrogen-bond donors (Lipinski definition) is 3. The van der Waals surface area contributed by atoms with Gasteiger partial charge >= 0.3 is 11.9 Å². The summed E-state index contributed by atoms with van der Waals surface area (Å²) in [7, 11) is -3.69. The minimum absolute atomic E-state index is 0.0182. The summed E-state index contributed by atoms with van der Waals surface area (Å²) in [5.74, 6) is 0.939. The van der Waals surface area contributed by atoms with Gasteiger partial charge in [-0.3, -0.25) is 4.90 Å². The average molecular weight is 826 g/mol. The van der Waals surface area contributed by atoms with Crippen molar-refractivity contribution in [2.75, 3.05) is 39.3 Å². The highest BCUT2D eigenvalue weighted by Crippen LogP contribution is 2.76. The van der Waals surface area contributed by atoms with Gasteiger partial charge < -0.3 is 15.5 Å². The number of nitrogens with zero attached hydrogens (tertiary/aromatic N) is 2. The zero-order chi connectivity index (χ0) is 42.3. The molecule has 6 aliphatic rings. The van der Waals surface area contributed by atoms with Crippen molar-refractivity contribution >= 4 is 27.5 Å². The van der Waals surface area contributed by atoms with Crippen LogP contribution in [-0.4, -0.2) is 84.6 Å². The summed E-state index contributed by atoms with van der Waals surface area (Å²) in [5, 5.41) is 23.0. The van der Waals surface area contributed by atoms with Crippen LogP contribution in [0.3, 0.4) is 0 Å². The molecule has 1 heterocycles. The Morgan fingerprint density at radius 3 is 2.02 bits per heavy atom. The number of carbonyl (C=O) groups is 2. The van der Waals surface area contributed by atoms with Crippen LogP contribution in [0.25, 0.3) is 5.57 Å². The number of aromatic carboxylic acids is 2. The molecule has 5 aliphatic carbocycles. The molecular formula is C49H67N3O6S. The van der Waals surface area contributed by atoms with Crippen molar-refractivity contribution in [1.29, 1.82) is 0 Å². The quantitative estimate of drug-likeness (QED) is 0.203. The average Bonchev–Trinajstić information content (AvgIpc) is 3.58. The minimum Gasteiger partial charge on any atom is -0.478 e. The van der Waals surface area contributed by atoms with Crippen molar-refractivity contribution in [3.63, 3.8) is 0 Å². The minimum atomic E-state index is -3.69. The first kappa shape index (κ1) is 42.4. The molecule has 1 aliphatic heterocycles. The lowest BCUT2D eigenvalue weighted by Crippen LogP contribution is -2.68. The van der Waals surface area contributed by atoms with E-state index in [0.717, 1.165) is 25.1 Å². The molecule has 10 heteroatoms. The van der Waals surface area contributed by atoms with Gasteiger partial charge in [0.1, 0.15) is 0 Å². The molecule has 0 amide bonds. The monoisotopic (exact) mass is 825 g/mol. The van der Waals surface area contributed by atoms with Gasteiger partial charge in [-0.15, -0.1) is 0 Å². The molecule has 5 fully saturated rings. The van der Waals surface area contributed by atoms with E-state index in [4.69, 9.17) is 0 Å². The summed E-state index contributed by atoms with van der Waals surface area (Å²) < 4.78 is 28.3. The molecule has 2 aromatic carbocycles. The molecule has 0 unspecified atom stereocenters. The summed E-state index contributed by atoms with van der Waals surface area (Å²) >= 11 is 0. The van der Waals surface area contributed by atoms with Gasteiger partial charge in [-0.25, -0.2) is 18.0 Å². The first-order chi connectivity index (χ1) is 27.8. The van der Waals surface area contributed by atoms with Crippen molar-refractivity contribution in [2.24, 2.45) is 51.2 Å². The van der Waals surface area contributed by atoms with E-state index in [9.17, 15) is 28.2 Å². The second-order valence-corrected chi connectivity index (χ2v) is 22.7. The van der Waals surface area contributed by atoms with Gasteiger partial charge in [-0.1, -0.05) is 65.0 Å². The Morgan fingerprint density at radius 2 is 1.41 bits per heavy atom.